The van der Waals surface area contributed by atoms with E-state index in [9.17, 15) is 0 Å². The minimum atomic E-state index is 0.448. The van der Waals surface area contributed by atoms with Gasteiger partial charge in [-0.1, -0.05) is 20.8 Å². The van der Waals surface area contributed by atoms with Crippen molar-refractivity contribution in [2.24, 2.45) is 0 Å². The molecule has 0 fully saturated rings. The van der Waals surface area contributed by atoms with E-state index < -0.39 is 0 Å². The molecule has 1 heterocycles. The molecule has 96 valence electrons. The average molecular weight is 236 g/mol. The van der Waals surface area contributed by atoms with Crippen LogP contribution in [-0.2, 0) is 0 Å². The second kappa shape index (κ2) is 7.22. The molecule has 0 atom stereocenters. The summed E-state index contributed by atoms with van der Waals surface area (Å²) in [6, 6.07) is 2.10. The fourth-order valence-electron chi connectivity index (χ4n) is 1.68. The molecule has 0 spiro atoms. The van der Waals surface area contributed by atoms with E-state index >= 15 is 0 Å². The van der Waals surface area contributed by atoms with Gasteiger partial charge >= 0.3 is 0 Å². The molecule has 1 aromatic heterocycles. The highest BCUT2D eigenvalue weighted by Gasteiger charge is 2.08. The topological polar surface area (TPSA) is 41.0 Å². The molecule has 4 heteroatoms. The molecule has 0 aliphatic rings. The van der Waals surface area contributed by atoms with Gasteiger partial charge in [-0.25, -0.2) is 9.97 Å². The average Bonchev–Trinajstić information content (AvgIpc) is 2.35. The Labute approximate surface area is 104 Å². The van der Waals surface area contributed by atoms with Crippen LogP contribution in [0.1, 0.15) is 39.3 Å². The number of nitrogens with one attached hydrogen (secondary N) is 1. The lowest BCUT2D eigenvalue weighted by atomic mass is 10.1. The van der Waals surface area contributed by atoms with Crippen molar-refractivity contribution in [1.82, 2.24) is 15.3 Å². The van der Waals surface area contributed by atoms with Gasteiger partial charge in [-0.3, -0.25) is 0 Å². The van der Waals surface area contributed by atoms with Crippen molar-refractivity contribution in [1.29, 1.82) is 0 Å². The summed E-state index contributed by atoms with van der Waals surface area (Å²) in [6.45, 7) is 12.5. The lowest BCUT2D eigenvalue weighted by Gasteiger charge is -2.22. The second-order valence-corrected chi connectivity index (χ2v) is 4.39. The number of hydrogen-bond acceptors (Lipinski definition) is 4. The lowest BCUT2D eigenvalue weighted by Crippen LogP contribution is -2.32. The van der Waals surface area contributed by atoms with E-state index in [4.69, 9.17) is 0 Å². The van der Waals surface area contributed by atoms with Crippen LogP contribution >= 0.6 is 0 Å². The van der Waals surface area contributed by atoms with Gasteiger partial charge in [-0.05, 0) is 19.4 Å². The summed E-state index contributed by atoms with van der Waals surface area (Å²) >= 11 is 0. The zero-order valence-corrected chi connectivity index (χ0v) is 11.4. The van der Waals surface area contributed by atoms with E-state index in [-0.39, 0.29) is 0 Å². The molecular formula is C13H24N4. The van der Waals surface area contributed by atoms with Crippen molar-refractivity contribution in [2.45, 2.75) is 33.6 Å². The zero-order valence-electron chi connectivity index (χ0n) is 11.4. The molecule has 1 aromatic rings. The first-order valence-electron chi connectivity index (χ1n) is 6.46. The first-order valence-corrected chi connectivity index (χ1v) is 6.46. The fourth-order valence-corrected chi connectivity index (χ4v) is 1.68. The molecule has 0 aliphatic heterocycles. The number of nitrogens with zero attached hydrogens (tertiary/aromatic N) is 3. The maximum absolute atomic E-state index is 4.36. The Hall–Kier alpha value is -1.16. The lowest BCUT2D eigenvalue weighted by molar-refractivity contribution is 0.681. The Kier molecular flexibility index (Phi) is 5.91. The third-order valence-corrected chi connectivity index (χ3v) is 2.78. The van der Waals surface area contributed by atoms with Crippen LogP contribution in [0.25, 0.3) is 0 Å². The van der Waals surface area contributed by atoms with Gasteiger partial charge in [0.15, 0.2) is 0 Å². The van der Waals surface area contributed by atoms with Gasteiger partial charge in [0.25, 0.3) is 0 Å². The second-order valence-electron chi connectivity index (χ2n) is 4.39. The summed E-state index contributed by atoms with van der Waals surface area (Å²) in [6.07, 6.45) is 1.67. The number of rotatable bonds is 7. The van der Waals surface area contributed by atoms with Crippen LogP contribution in [0.5, 0.6) is 0 Å². The molecule has 1 N–H and O–H groups in total. The molecule has 0 bridgehead atoms. The molecule has 0 amide bonds. The largest absolute Gasteiger partial charge is 0.356 e. The summed E-state index contributed by atoms with van der Waals surface area (Å²) in [5.74, 6) is 1.48. The van der Waals surface area contributed by atoms with Crippen molar-refractivity contribution >= 4 is 5.82 Å². The first kappa shape index (κ1) is 13.9. The monoisotopic (exact) mass is 236 g/mol. The van der Waals surface area contributed by atoms with Crippen LogP contribution in [0, 0.1) is 0 Å². The summed E-state index contributed by atoms with van der Waals surface area (Å²) in [5, 5.41) is 3.34. The van der Waals surface area contributed by atoms with Gasteiger partial charge in [0.05, 0.1) is 0 Å². The van der Waals surface area contributed by atoms with Crippen LogP contribution in [0.15, 0.2) is 12.4 Å². The number of anilines is 1. The summed E-state index contributed by atoms with van der Waals surface area (Å²) in [5.41, 5.74) is 1.11. The molecule has 1 rings (SSSR count). The normalized spacial score (nSPS) is 10.9. The Morgan fingerprint density at radius 1 is 1.29 bits per heavy atom. The number of likely N-dealkylation sites (N-methyl/N-ethyl adjacent to an activating group) is 2. The van der Waals surface area contributed by atoms with Gasteiger partial charge in [-0.2, -0.15) is 0 Å². The Morgan fingerprint density at radius 3 is 2.65 bits per heavy atom. The fraction of sp³-hybridized carbons (Fsp3) is 0.692. The molecular weight excluding hydrogens is 212 g/mol. The predicted molar refractivity (Wildman–Crippen MR) is 72.6 cm³/mol. The summed E-state index contributed by atoms with van der Waals surface area (Å²) in [7, 11) is 0. The smallest absolute Gasteiger partial charge is 0.132 e. The third-order valence-electron chi connectivity index (χ3n) is 2.78. The van der Waals surface area contributed by atoms with Crippen molar-refractivity contribution in [3.63, 3.8) is 0 Å². The molecule has 0 saturated carbocycles. The molecule has 0 aliphatic carbocycles. The van der Waals surface area contributed by atoms with Crippen LogP contribution in [0.2, 0.25) is 0 Å². The van der Waals surface area contributed by atoms with Crippen molar-refractivity contribution in [3.8, 4) is 0 Å². The standard InChI is InChI=1S/C13H24N4/c1-5-14-7-8-17(6-2)13-9-12(11(3)4)15-10-16-13/h9-11,14H,5-8H2,1-4H3. The van der Waals surface area contributed by atoms with E-state index in [1.54, 1.807) is 6.33 Å². The molecule has 0 aromatic carbocycles. The first-order chi connectivity index (χ1) is 8.19. The van der Waals surface area contributed by atoms with Crippen molar-refractivity contribution in [2.75, 3.05) is 31.1 Å². The summed E-state index contributed by atoms with van der Waals surface area (Å²) < 4.78 is 0. The van der Waals surface area contributed by atoms with Gasteiger partial charge in [-0.15, -0.1) is 0 Å². The maximum atomic E-state index is 4.36. The third kappa shape index (κ3) is 4.30. The maximum Gasteiger partial charge on any atom is 0.132 e. The van der Waals surface area contributed by atoms with Gasteiger partial charge in [0, 0.05) is 31.4 Å². The van der Waals surface area contributed by atoms with E-state index in [0.29, 0.717) is 5.92 Å². The molecule has 0 unspecified atom stereocenters. The van der Waals surface area contributed by atoms with Crippen LogP contribution in [-0.4, -0.2) is 36.1 Å². The number of aromatic nitrogens is 2. The van der Waals surface area contributed by atoms with Crippen molar-refractivity contribution in [3.05, 3.63) is 18.1 Å². The van der Waals surface area contributed by atoms with E-state index in [0.717, 1.165) is 37.7 Å². The molecule has 4 nitrogen and oxygen atoms in total. The Balaban J connectivity index is 2.70. The SMILES string of the molecule is CCNCCN(CC)c1cc(C(C)C)ncn1. The Morgan fingerprint density at radius 2 is 2.06 bits per heavy atom. The summed E-state index contributed by atoms with van der Waals surface area (Å²) in [4.78, 5) is 10.9. The predicted octanol–water partition coefficient (Wildman–Crippen LogP) is 2.04. The molecule has 0 saturated heterocycles. The zero-order chi connectivity index (χ0) is 12.7. The highest BCUT2D eigenvalue weighted by Crippen LogP contribution is 2.16. The van der Waals surface area contributed by atoms with Crippen LogP contribution in [0.3, 0.4) is 0 Å². The molecule has 17 heavy (non-hydrogen) atoms. The minimum Gasteiger partial charge on any atom is -0.356 e. The van der Waals surface area contributed by atoms with Crippen LogP contribution in [0.4, 0.5) is 5.82 Å². The van der Waals surface area contributed by atoms with Gasteiger partial charge in [0.2, 0.25) is 0 Å². The van der Waals surface area contributed by atoms with E-state index in [1.165, 1.54) is 0 Å². The number of hydrogen-bond donors (Lipinski definition) is 1. The van der Waals surface area contributed by atoms with Crippen molar-refractivity contribution < 1.29 is 0 Å². The Bertz CT molecular complexity index is 325. The minimum absolute atomic E-state index is 0.448. The highest BCUT2D eigenvalue weighted by molar-refractivity contribution is 5.39. The highest BCUT2D eigenvalue weighted by atomic mass is 15.2. The van der Waals surface area contributed by atoms with Gasteiger partial charge in [0.1, 0.15) is 12.1 Å². The van der Waals surface area contributed by atoms with Crippen LogP contribution < -0.4 is 10.2 Å². The van der Waals surface area contributed by atoms with E-state index in [1.807, 2.05) is 0 Å². The van der Waals surface area contributed by atoms with E-state index in [2.05, 4.69) is 53.9 Å². The molecule has 0 radical (unpaired) electrons. The van der Waals surface area contributed by atoms with Gasteiger partial charge < -0.3 is 10.2 Å². The quantitative estimate of drug-likeness (QED) is 0.736.